The molecule has 234 valence electrons. The number of hydrogen-bond donors (Lipinski definition) is 2. The summed E-state index contributed by atoms with van der Waals surface area (Å²) in [5, 5.41) is 22.5. The van der Waals surface area contributed by atoms with Gasteiger partial charge in [-0.3, -0.25) is 0 Å². The lowest BCUT2D eigenvalue weighted by atomic mass is 9.90. The molecule has 0 saturated carbocycles. The van der Waals surface area contributed by atoms with Crippen molar-refractivity contribution in [2.24, 2.45) is 0 Å². The number of fused-ring (bicyclic) bond motifs is 6. The molecule has 0 saturated heterocycles. The fourth-order valence-electron chi connectivity index (χ4n) is 7.86. The number of hydrogen-bond acceptors (Lipinski definition) is 2. The van der Waals surface area contributed by atoms with Crippen LogP contribution in [0.3, 0.4) is 0 Å². The topological polar surface area (TPSA) is 24.1 Å². The standard InChI is InChI=1S/C48H32N2/c1-7-19-37-31(13-1)25-27-43(49-47-39-21-9-3-15-33(39)29-34-16-4-10-22-40(34)47)45(37)46-38-20-8-2-14-32(38)26-28-44(46)50-48-41-23-11-5-17-35(41)30-36-18-6-12-24-42(36)48/h1-30,49-50H. The minimum Gasteiger partial charge on any atom is -0.354 e. The van der Waals surface area contributed by atoms with E-state index in [1.165, 1.54) is 75.8 Å². The first-order valence-electron chi connectivity index (χ1n) is 17.2. The highest BCUT2D eigenvalue weighted by atomic mass is 14.9. The van der Waals surface area contributed by atoms with Gasteiger partial charge in [-0.05, 0) is 67.4 Å². The Balaban J connectivity index is 1.28. The van der Waals surface area contributed by atoms with E-state index in [0.717, 1.165) is 22.7 Å². The van der Waals surface area contributed by atoms with Crippen LogP contribution in [0.4, 0.5) is 22.7 Å². The normalized spacial score (nSPS) is 11.6. The van der Waals surface area contributed by atoms with Crippen LogP contribution in [0.2, 0.25) is 0 Å². The van der Waals surface area contributed by atoms with E-state index >= 15 is 0 Å². The third kappa shape index (κ3) is 4.57. The number of benzene rings is 10. The minimum absolute atomic E-state index is 1.06. The molecule has 50 heavy (non-hydrogen) atoms. The van der Waals surface area contributed by atoms with Gasteiger partial charge in [-0.1, -0.05) is 158 Å². The Morgan fingerprint density at radius 3 is 0.860 bits per heavy atom. The Labute approximate surface area is 290 Å². The van der Waals surface area contributed by atoms with Gasteiger partial charge >= 0.3 is 0 Å². The molecule has 0 radical (unpaired) electrons. The summed E-state index contributed by atoms with van der Waals surface area (Å²) in [5.74, 6) is 0. The number of anilines is 4. The molecule has 0 unspecified atom stereocenters. The second-order valence-corrected chi connectivity index (χ2v) is 13.1. The van der Waals surface area contributed by atoms with E-state index in [9.17, 15) is 0 Å². The maximum Gasteiger partial charge on any atom is 0.0543 e. The zero-order chi connectivity index (χ0) is 33.0. The quantitative estimate of drug-likeness (QED) is 0.184. The van der Waals surface area contributed by atoms with Crippen LogP contribution in [0.1, 0.15) is 0 Å². The van der Waals surface area contributed by atoms with Crippen LogP contribution < -0.4 is 10.6 Å². The van der Waals surface area contributed by atoms with Gasteiger partial charge in [0.25, 0.3) is 0 Å². The van der Waals surface area contributed by atoms with Crippen molar-refractivity contribution >= 4 is 87.4 Å². The highest BCUT2D eigenvalue weighted by Crippen LogP contribution is 2.47. The summed E-state index contributed by atoms with van der Waals surface area (Å²) >= 11 is 0. The maximum atomic E-state index is 4.04. The molecule has 2 nitrogen and oxygen atoms in total. The largest absolute Gasteiger partial charge is 0.354 e. The lowest BCUT2D eigenvalue weighted by Crippen LogP contribution is -2.01. The summed E-state index contributed by atoms with van der Waals surface area (Å²) in [6, 6.07) is 65.8. The first-order valence-corrected chi connectivity index (χ1v) is 17.2. The van der Waals surface area contributed by atoms with E-state index in [1.807, 2.05) is 0 Å². The van der Waals surface area contributed by atoms with E-state index < -0.39 is 0 Å². The fourth-order valence-corrected chi connectivity index (χ4v) is 7.86. The molecule has 2 N–H and O–H groups in total. The van der Waals surface area contributed by atoms with Gasteiger partial charge in [-0.15, -0.1) is 0 Å². The van der Waals surface area contributed by atoms with Gasteiger partial charge in [0.15, 0.2) is 0 Å². The molecule has 10 aromatic carbocycles. The summed E-state index contributed by atoms with van der Waals surface area (Å²) in [6.45, 7) is 0. The molecule has 10 aromatic rings. The fraction of sp³-hybridized carbons (Fsp3) is 0. The SMILES string of the molecule is c1ccc2c(-c3c(Nc4c5ccccc5cc5ccccc45)ccc4ccccc34)c(Nc3c4ccccc4cc4ccccc34)ccc2c1. The van der Waals surface area contributed by atoms with Gasteiger partial charge < -0.3 is 10.6 Å². The molecule has 10 rings (SSSR count). The summed E-state index contributed by atoms with van der Waals surface area (Å²) in [5.41, 5.74) is 6.70. The van der Waals surface area contributed by atoms with Crippen LogP contribution in [0.15, 0.2) is 182 Å². The van der Waals surface area contributed by atoms with Crippen LogP contribution >= 0.6 is 0 Å². The molecule has 0 amide bonds. The van der Waals surface area contributed by atoms with Crippen LogP contribution in [0, 0.1) is 0 Å². The van der Waals surface area contributed by atoms with E-state index in [-0.39, 0.29) is 0 Å². The molecule has 0 atom stereocenters. The van der Waals surface area contributed by atoms with Gasteiger partial charge in [-0.25, -0.2) is 0 Å². The van der Waals surface area contributed by atoms with Crippen molar-refractivity contribution in [2.45, 2.75) is 0 Å². The highest BCUT2D eigenvalue weighted by Gasteiger charge is 2.20. The number of rotatable bonds is 5. The van der Waals surface area contributed by atoms with Gasteiger partial charge in [0.1, 0.15) is 0 Å². The van der Waals surface area contributed by atoms with Crippen molar-refractivity contribution in [1.29, 1.82) is 0 Å². The Morgan fingerprint density at radius 1 is 0.240 bits per heavy atom. The van der Waals surface area contributed by atoms with Crippen LogP contribution in [0.25, 0.3) is 75.8 Å². The smallest absolute Gasteiger partial charge is 0.0543 e. The van der Waals surface area contributed by atoms with Crippen molar-refractivity contribution in [1.82, 2.24) is 0 Å². The molecule has 0 spiro atoms. The lowest BCUT2D eigenvalue weighted by molar-refractivity contribution is 1.58. The van der Waals surface area contributed by atoms with Crippen molar-refractivity contribution in [3.05, 3.63) is 182 Å². The summed E-state index contributed by atoms with van der Waals surface area (Å²) in [7, 11) is 0. The molecule has 0 aliphatic rings. The Bertz CT molecular complexity index is 2630. The molecule has 0 aliphatic heterocycles. The van der Waals surface area contributed by atoms with Crippen molar-refractivity contribution < 1.29 is 0 Å². The molecule has 0 heterocycles. The van der Waals surface area contributed by atoms with Gasteiger partial charge in [-0.2, -0.15) is 0 Å². The van der Waals surface area contributed by atoms with E-state index in [2.05, 4.69) is 193 Å². The predicted octanol–water partition coefficient (Wildman–Crippen LogP) is 13.8. The predicted molar refractivity (Wildman–Crippen MR) is 216 cm³/mol. The second kappa shape index (κ2) is 11.5. The van der Waals surface area contributed by atoms with E-state index in [4.69, 9.17) is 0 Å². The van der Waals surface area contributed by atoms with Crippen LogP contribution in [-0.2, 0) is 0 Å². The first kappa shape index (κ1) is 28.4. The third-order valence-corrected chi connectivity index (χ3v) is 10.2. The van der Waals surface area contributed by atoms with E-state index in [0.29, 0.717) is 0 Å². The zero-order valence-electron chi connectivity index (χ0n) is 27.3. The summed E-state index contributed by atoms with van der Waals surface area (Å²) in [4.78, 5) is 0. The third-order valence-electron chi connectivity index (χ3n) is 10.2. The molecule has 0 fully saturated rings. The average Bonchev–Trinajstić information content (AvgIpc) is 3.17. The second-order valence-electron chi connectivity index (χ2n) is 13.1. The first-order chi connectivity index (χ1) is 24.8. The minimum atomic E-state index is 1.06. The van der Waals surface area contributed by atoms with E-state index in [1.54, 1.807) is 0 Å². The van der Waals surface area contributed by atoms with Crippen molar-refractivity contribution in [3.63, 3.8) is 0 Å². The van der Waals surface area contributed by atoms with Gasteiger partial charge in [0.2, 0.25) is 0 Å². The summed E-state index contributed by atoms with van der Waals surface area (Å²) < 4.78 is 0. The molecular weight excluding hydrogens is 605 g/mol. The molecule has 0 bridgehead atoms. The van der Waals surface area contributed by atoms with Crippen molar-refractivity contribution in [2.75, 3.05) is 10.6 Å². The van der Waals surface area contributed by atoms with Gasteiger partial charge in [0, 0.05) is 44.0 Å². The monoisotopic (exact) mass is 636 g/mol. The van der Waals surface area contributed by atoms with Gasteiger partial charge in [0.05, 0.1) is 11.4 Å². The Kier molecular flexibility index (Phi) is 6.53. The Morgan fingerprint density at radius 2 is 0.520 bits per heavy atom. The molecular formula is C48H32N2. The number of nitrogens with one attached hydrogen (secondary N) is 2. The highest BCUT2D eigenvalue weighted by molar-refractivity contribution is 6.19. The lowest BCUT2D eigenvalue weighted by Gasteiger charge is -2.23. The summed E-state index contributed by atoms with van der Waals surface area (Å²) in [6.07, 6.45) is 0. The van der Waals surface area contributed by atoms with Crippen LogP contribution in [-0.4, -0.2) is 0 Å². The van der Waals surface area contributed by atoms with Crippen molar-refractivity contribution in [3.8, 4) is 11.1 Å². The average molecular weight is 637 g/mol. The maximum absolute atomic E-state index is 4.04. The molecule has 2 heteroatoms. The molecule has 0 aromatic heterocycles. The Hall–Kier alpha value is -6.64. The zero-order valence-corrected chi connectivity index (χ0v) is 27.3. The van der Waals surface area contributed by atoms with Crippen LogP contribution in [0.5, 0.6) is 0 Å². The molecule has 0 aliphatic carbocycles.